The van der Waals surface area contributed by atoms with E-state index in [-0.39, 0.29) is 23.7 Å². The molecule has 2 aromatic carbocycles. The van der Waals surface area contributed by atoms with E-state index in [9.17, 15) is 26.7 Å². The molecule has 2 fully saturated rings. The van der Waals surface area contributed by atoms with Gasteiger partial charge in [-0.05, 0) is 122 Å². The van der Waals surface area contributed by atoms with Crippen LogP contribution in [0.3, 0.4) is 0 Å². The lowest BCUT2D eigenvalue weighted by molar-refractivity contribution is -0.279. The lowest BCUT2D eigenvalue weighted by atomic mass is 9.56. The van der Waals surface area contributed by atoms with E-state index in [0.29, 0.717) is 18.8 Å². The lowest BCUT2D eigenvalue weighted by Crippen LogP contribution is -2.54. The van der Waals surface area contributed by atoms with Gasteiger partial charge in [0.1, 0.15) is 0 Å². The third-order valence-corrected chi connectivity index (χ3v) is 11.2. The first-order chi connectivity index (χ1) is 18.4. The summed E-state index contributed by atoms with van der Waals surface area (Å²) < 4.78 is 67.6. The van der Waals surface area contributed by atoms with E-state index >= 15 is 0 Å². The summed E-state index contributed by atoms with van der Waals surface area (Å²) in [7, 11) is -3.32. The Bertz CT molecular complexity index is 1530. The fourth-order valence-electron chi connectivity index (χ4n) is 7.66. The van der Waals surface area contributed by atoms with Crippen LogP contribution in [0.4, 0.5) is 13.2 Å². The van der Waals surface area contributed by atoms with Gasteiger partial charge >= 0.3 is 6.18 Å². The fourth-order valence-corrected chi connectivity index (χ4v) is 8.29. The van der Waals surface area contributed by atoms with Gasteiger partial charge in [-0.15, -0.1) is 0 Å². The van der Waals surface area contributed by atoms with Crippen LogP contribution in [0.1, 0.15) is 87.3 Å². The number of benzene rings is 2. The van der Waals surface area contributed by atoms with Crippen molar-refractivity contribution in [1.29, 1.82) is 0 Å². The molecule has 0 amide bonds. The number of halogens is 3. The second-order valence-corrected chi connectivity index (χ2v) is 14.1. The molecule has 1 N–H and O–H groups in total. The first-order valence-corrected chi connectivity index (χ1v) is 15.9. The minimum atomic E-state index is -4.63. The normalized spacial score (nSPS) is 28.0. The highest BCUT2D eigenvalue weighted by Gasteiger charge is 2.60. The van der Waals surface area contributed by atoms with Gasteiger partial charge in [0.25, 0.3) is 0 Å². The van der Waals surface area contributed by atoms with Gasteiger partial charge in [-0.3, -0.25) is 0 Å². The Kier molecular flexibility index (Phi) is 6.23. The van der Waals surface area contributed by atoms with Crippen molar-refractivity contribution in [3.8, 4) is 5.69 Å². The summed E-state index contributed by atoms with van der Waals surface area (Å²) in [5.74, 6) is 0.128. The van der Waals surface area contributed by atoms with Crippen LogP contribution in [-0.4, -0.2) is 41.3 Å². The van der Waals surface area contributed by atoms with E-state index in [2.05, 4.69) is 13.0 Å². The summed E-state index contributed by atoms with van der Waals surface area (Å²) >= 11 is 0. The molecule has 210 valence electrons. The predicted molar refractivity (Wildman–Crippen MR) is 144 cm³/mol. The van der Waals surface area contributed by atoms with Crippen LogP contribution in [0.5, 0.6) is 0 Å². The Hall–Kier alpha value is -2.39. The van der Waals surface area contributed by atoms with Crippen molar-refractivity contribution < 1.29 is 26.7 Å². The molecule has 5 nitrogen and oxygen atoms in total. The summed E-state index contributed by atoms with van der Waals surface area (Å²) in [6.45, 7) is 2.08. The van der Waals surface area contributed by atoms with Crippen LogP contribution in [0.15, 0.2) is 41.4 Å². The van der Waals surface area contributed by atoms with E-state index in [1.165, 1.54) is 17.4 Å². The number of rotatable bonds is 4. The Morgan fingerprint density at radius 2 is 1.82 bits per heavy atom. The van der Waals surface area contributed by atoms with Crippen LogP contribution in [0.25, 0.3) is 16.6 Å². The van der Waals surface area contributed by atoms with E-state index < -0.39 is 27.0 Å². The van der Waals surface area contributed by atoms with Gasteiger partial charge in [0.2, 0.25) is 0 Å². The van der Waals surface area contributed by atoms with E-state index in [4.69, 9.17) is 5.10 Å². The number of hydrogen-bond donors (Lipinski definition) is 1. The number of aromatic nitrogens is 2. The van der Waals surface area contributed by atoms with Crippen molar-refractivity contribution in [3.05, 3.63) is 53.2 Å². The van der Waals surface area contributed by atoms with Gasteiger partial charge in [-0.2, -0.15) is 18.3 Å². The minimum absolute atomic E-state index is 0.241. The lowest BCUT2D eigenvalue weighted by Gasteiger charge is -2.50. The zero-order valence-electron chi connectivity index (χ0n) is 22.4. The van der Waals surface area contributed by atoms with Crippen LogP contribution in [0.2, 0.25) is 0 Å². The van der Waals surface area contributed by atoms with Gasteiger partial charge in [0.15, 0.2) is 15.4 Å². The second kappa shape index (κ2) is 9.06. The highest BCUT2D eigenvalue weighted by Crippen LogP contribution is 2.58. The zero-order valence-corrected chi connectivity index (χ0v) is 23.2. The molecule has 3 atom stereocenters. The molecule has 39 heavy (non-hydrogen) atoms. The summed E-state index contributed by atoms with van der Waals surface area (Å²) in [5, 5.41) is 16.4. The van der Waals surface area contributed by atoms with Gasteiger partial charge in [-0.25, -0.2) is 13.1 Å². The number of hydrogen-bond acceptors (Lipinski definition) is 4. The average Bonchev–Trinajstić information content (AvgIpc) is 3.20. The molecule has 3 aliphatic carbocycles. The molecule has 0 spiro atoms. The van der Waals surface area contributed by atoms with Crippen molar-refractivity contribution in [2.24, 2.45) is 5.92 Å². The zero-order chi connectivity index (χ0) is 27.8. The van der Waals surface area contributed by atoms with Crippen molar-refractivity contribution >= 4 is 20.7 Å². The molecule has 0 radical (unpaired) electrons. The average molecular weight is 561 g/mol. The highest BCUT2D eigenvalue weighted by atomic mass is 32.2. The summed E-state index contributed by atoms with van der Waals surface area (Å²) in [5.41, 5.74) is 2.48. The maximum absolute atomic E-state index is 13.9. The molecule has 1 heterocycles. The first kappa shape index (κ1) is 26.8. The first-order valence-electron chi connectivity index (χ1n) is 14.0. The number of aliphatic hydroxyl groups is 1. The second-order valence-electron chi connectivity index (χ2n) is 12.0. The maximum atomic E-state index is 13.9. The number of sulfone groups is 1. The van der Waals surface area contributed by atoms with Crippen LogP contribution >= 0.6 is 0 Å². The van der Waals surface area contributed by atoms with Crippen LogP contribution < -0.4 is 0 Å². The molecule has 0 aliphatic heterocycles. The highest BCUT2D eigenvalue weighted by molar-refractivity contribution is 7.90. The SMILES string of the molecule is CCC12CCC(O)(C(F)(F)F)CC1CCCc1c2cc2cnn(-c3ccc(S(C)(=O)=O)cc3)c2c1C1CCC1. The summed E-state index contributed by atoms with van der Waals surface area (Å²) in [6, 6.07) is 8.93. The van der Waals surface area contributed by atoms with Gasteiger partial charge in [0.05, 0.1) is 22.3 Å². The van der Waals surface area contributed by atoms with Gasteiger partial charge < -0.3 is 5.11 Å². The van der Waals surface area contributed by atoms with E-state index in [0.717, 1.165) is 60.7 Å². The predicted octanol–water partition coefficient (Wildman–Crippen LogP) is 6.77. The minimum Gasteiger partial charge on any atom is -0.380 e. The van der Waals surface area contributed by atoms with Gasteiger partial charge in [0, 0.05) is 11.6 Å². The Balaban J connectivity index is 1.53. The topological polar surface area (TPSA) is 72.2 Å². The number of fused-ring (bicyclic) bond motifs is 4. The smallest absolute Gasteiger partial charge is 0.380 e. The number of alkyl halides is 3. The number of nitrogens with zero attached hydrogens (tertiary/aromatic N) is 2. The van der Waals surface area contributed by atoms with Gasteiger partial charge in [-0.1, -0.05) is 13.3 Å². The van der Waals surface area contributed by atoms with Crippen molar-refractivity contribution in [1.82, 2.24) is 9.78 Å². The van der Waals surface area contributed by atoms with Crippen molar-refractivity contribution in [3.63, 3.8) is 0 Å². The molecule has 1 aromatic heterocycles. The summed E-state index contributed by atoms with van der Waals surface area (Å²) in [6.07, 6.45) is 4.46. The molecule has 3 unspecified atom stereocenters. The molecule has 9 heteroatoms. The molecule has 0 saturated heterocycles. The van der Waals surface area contributed by atoms with Crippen LogP contribution in [0, 0.1) is 5.92 Å². The molecule has 3 aliphatic rings. The van der Waals surface area contributed by atoms with Crippen molar-refractivity contribution in [2.75, 3.05) is 6.26 Å². The Labute approximate surface area is 227 Å². The van der Waals surface area contributed by atoms with Crippen molar-refractivity contribution in [2.45, 2.75) is 99.1 Å². The largest absolute Gasteiger partial charge is 0.417 e. The monoisotopic (exact) mass is 560 g/mol. The third-order valence-electron chi connectivity index (χ3n) is 10.1. The third kappa shape index (κ3) is 4.14. The molecular formula is C30H35F3N2O3S. The fraction of sp³-hybridized carbons (Fsp3) is 0.567. The summed E-state index contributed by atoms with van der Waals surface area (Å²) in [4.78, 5) is 0.253. The molecule has 6 rings (SSSR count). The maximum Gasteiger partial charge on any atom is 0.417 e. The standard InChI is InChI=1S/C30H35F3N2O3S/c1-3-28-14-15-29(36,30(31,32)33)17-21(28)8-5-9-24-25(28)16-20-18-34-35(27(20)26(24)19-6-4-7-19)22-10-12-23(13-11-22)39(2,37)38/h10-13,16,18-19,21,36H,3-9,14-15,17H2,1-2H3. The molecule has 2 saturated carbocycles. The Morgan fingerprint density at radius 3 is 2.41 bits per heavy atom. The molecular weight excluding hydrogens is 525 g/mol. The van der Waals surface area contributed by atoms with E-state index in [1.807, 2.05) is 10.9 Å². The molecule has 3 aromatic rings. The van der Waals surface area contributed by atoms with E-state index in [1.54, 1.807) is 24.3 Å². The quantitative estimate of drug-likeness (QED) is 0.382. The molecule has 0 bridgehead atoms. The Morgan fingerprint density at radius 1 is 1.10 bits per heavy atom. The van der Waals surface area contributed by atoms with Crippen LogP contribution in [-0.2, 0) is 21.7 Å².